The second-order valence-electron chi connectivity index (χ2n) is 5.26. The molecular weight excluding hydrogens is 278 g/mol. The van der Waals surface area contributed by atoms with Crippen LogP contribution in [0.4, 0.5) is 0 Å². The van der Waals surface area contributed by atoms with Crippen LogP contribution in [0.5, 0.6) is 0 Å². The van der Waals surface area contributed by atoms with Crippen LogP contribution in [0.3, 0.4) is 0 Å². The number of sulfonamides is 1. The van der Waals surface area contributed by atoms with Crippen LogP contribution < -0.4 is 4.72 Å². The lowest BCUT2D eigenvalue weighted by Crippen LogP contribution is -2.42. The Balaban J connectivity index is 1.91. The Kier molecular flexibility index (Phi) is 4.77. The van der Waals surface area contributed by atoms with Gasteiger partial charge in [-0.3, -0.25) is 4.79 Å². The first-order valence-corrected chi connectivity index (χ1v) is 8.38. The zero-order valence-electron chi connectivity index (χ0n) is 11.2. The Morgan fingerprint density at radius 2 is 1.95 bits per heavy atom. The molecule has 1 aliphatic carbocycles. The topological polar surface area (TPSA) is 83.5 Å². The highest BCUT2D eigenvalue weighted by Crippen LogP contribution is 2.30. The van der Waals surface area contributed by atoms with Crippen molar-refractivity contribution in [1.82, 2.24) is 4.72 Å². The first kappa shape index (κ1) is 15.0. The molecule has 20 heavy (non-hydrogen) atoms. The molecule has 1 aliphatic rings. The zero-order valence-corrected chi connectivity index (χ0v) is 12.0. The molecule has 0 bridgehead atoms. The van der Waals surface area contributed by atoms with Gasteiger partial charge in [0.25, 0.3) is 0 Å². The third kappa shape index (κ3) is 4.94. The van der Waals surface area contributed by atoms with E-state index in [1.165, 1.54) is 0 Å². The third-order valence-electron chi connectivity index (χ3n) is 3.34. The number of benzene rings is 1. The maximum atomic E-state index is 11.8. The fourth-order valence-corrected chi connectivity index (χ4v) is 3.75. The van der Waals surface area contributed by atoms with Crippen molar-refractivity contribution in [2.75, 3.05) is 5.75 Å². The van der Waals surface area contributed by atoms with E-state index in [-0.39, 0.29) is 18.1 Å². The number of rotatable bonds is 8. The van der Waals surface area contributed by atoms with Crippen molar-refractivity contribution in [2.24, 2.45) is 5.92 Å². The van der Waals surface area contributed by atoms with E-state index in [1.807, 2.05) is 30.3 Å². The summed E-state index contributed by atoms with van der Waals surface area (Å²) < 4.78 is 26.0. The highest BCUT2D eigenvalue weighted by Gasteiger charge is 2.31. The molecular formula is C14H19NO4S. The lowest BCUT2D eigenvalue weighted by Gasteiger charge is -2.14. The number of aliphatic carboxylic acids is 1. The van der Waals surface area contributed by atoms with Crippen LogP contribution in [-0.2, 0) is 21.2 Å². The molecule has 0 aromatic heterocycles. The number of carboxylic acid groups (broad SMARTS) is 1. The lowest BCUT2D eigenvalue weighted by atomic mass is 10.1. The Bertz CT molecular complexity index is 552. The van der Waals surface area contributed by atoms with Gasteiger partial charge in [0.05, 0.1) is 5.75 Å². The van der Waals surface area contributed by atoms with Gasteiger partial charge in [-0.15, -0.1) is 0 Å². The van der Waals surface area contributed by atoms with Gasteiger partial charge in [-0.2, -0.15) is 0 Å². The van der Waals surface area contributed by atoms with Gasteiger partial charge in [-0.25, -0.2) is 13.1 Å². The summed E-state index contributed by atoms with van der Waals surface area (Å²) in [5.74, 6) is -0.876. The van der Waals surface area contributed by atoms with Gasteiger partial charge in [-0.1, -0.05) is 30.3 Å². The average Bonchev–Trinajstić information content (AvgIpc) is 3.18. The van der Waals surface area contributed by atoms with E-state index in [1.54, 1.807) is 0 Å². The van der Waals surface area contributed by atoms with Gasteiger partial charge in [0.15, 0.2) is 0 Å². The van der Waals surface area contributed by atoms with Gasteiger partial charge in [0.1, 0.15) is 6.04 Å². The minimum Gasteiger partial charge on any atom is -0.480 e. The first-order chi connectivity index (χ1) is 9.46. The number of nitrogens with one attached hydrogen (secondary N) is 1. The van der Waals surface area contributed by atoms with Crippen molar-refractivity contribution in [3.05, 3.63) is 35.9 Å². The van der Waals surface area contributed by atoms with E-state index in [4.69, 9.17) is 5.11 Å². The number of carboxylic acids is 1. The number of hydrogen-bond donors (Lipinski definition) is 2. The van der Waals surface area contributed by atoms with Crippen LogP contribution >= 0.6 is 0 Å². The molecule has 1 aromatic rings. The van der Waals surface area contributed by atoms with E-state index < -0.39 is 22.0 Å². The van der Waals surface area contributed by atoms with Crippen molar-refractivity contribution in [1.29, 1.82) is 0 Å². The molecule has 0 spiro atoms. The summed E-state index contributed by atoms with van der Waals surface area (Å²) in [6, 6.07) is 8.38. The van der Waals surface area contributed by atoms with Crippen molar-refractivity contribution < 1.29 is 18.3 Å². The summed E-state index contributed by atoms with van der Waals surface area (Å²) in [4.78, 5) is 11.2. The summed E-state index contributed by atoms with van der Waals surface area (Å²) >= 11 is 0. The summed E-state index contributed by atoms with van der Waals surface area (Å²) in [6.07, 6.45) is 2.62. The van der Waals surface area contributed by atoms with Gasteiger partial charge in [-0.05, 0) is 37.2 Å². The normalized spacial score (nSPS) is 16.8. The van der Waals surface area contributed by atoms with Crippen LogP contribution in [0, 0.1) is 5.92 Å². The van der Waals surface area contributed by atoms with Crippen molar-refractivity contribution in [3.63, 3.8) is 0 Å². The average molecular weight is 297 g/mol. The zero-order chi connectivity index (χ0) is 14.6. The van der Waals surface area contributed by atoms with E-state index in [9.17, 15) is 13.2 Å². The molecule has 1 saturated carbocycles. The van der Waals surface area contributed by atoms with E-state index in [2.05, 4.69) is 4.72 Å². The Morgan fingerprint density at radius 1 is 1.30 bits per heavy atom. The Labute approximate surface area is 119 Å². The van der Waals surface area contributed by atoms with Crippen LogP contribution in [0.2, 0.25) is 0 Å². The molecule has 0 heterocycles. The smallest absolute Gasteiger partial charge is 0.321 e. The highest BCUT2D eigenvalue weighted by molar-refractivity contribution is 7.89. The minimum atomic E-state index is -3.50. The standard InChI is InChI=1S/C14H19NO4S/c16-14(17)13(9-8-11-4-2-1-3-5-11)15-20(18,19)10-12-6-7-12/h1-5,12-13,15H,6-10H2,(H,16,17)/t13-/m0/s1. The maximum absolute atomic E-state index is 11.8. The fourth-order valence-electron chi connectivity index (χ4n) is 2.05. The largest absolute Gasteiger partial charge is 0.480 e. The van der Waals surface area contributed by atoms with Crippen molar-refractivity contribution >= 4 is 16.0 Å². The third-order valence-corrected chi connectivity index (χ3v) is 4.89. The summed E-state index contributed by atoms with van der Waals surface area (Å²) in [7, 11) is -3.50. The molecule has 5 nitrogen and oxygen atoms in total. The molecule has 0 unspecified atom stereocenters. The molecule has 0 radical (unpaired) electrons. The molecule has 6 heteroatoms. The predicted octanol–water partition coefficient (Wildman–Crippen LogP) is 1.40. The van der Waals surface area contributed by atoms with Crippen LogP contribution in [0.25, 0.3) is 0 Å². The molecule has 2 N–H and O–H groups in total. The number of aryl methyl sites for hydroxylation is 1. The highest BCUT2D eigenvalue weighted by atomic mass is 32.2. The molecule has 2 rings (SSSR count). The van der Waals surface area contributed by atoms with E-state index >= 15 is 0 Å². The molecule has 1 aromatic carbocycles. The van der Waals surface area contributed by atoms with E-state index in [0.29, 0.717) is 6.42 Å². The van der Waals surface area contributed by atoms with Crippen LogP contribution in [0.15, 0.2) is 30.3 Å². The van der Waals surface area contributed by atoms with Gasteiger partial charge < -0.3 is 5.11 Å². The lowest BCUT2D eigenvalue weighted by molar-refractivity contribution is -0.139. The minimum absolute atomic E-state index is 0.0438. The summed E-state index contributed by atoms with van der Waals surface area (Å²) in [5.41, 5.74) is 1.00. The summed E-state index contributed by atoms with van der Waals surface area (Å²) in [6.45, 7) is 0. The second kappa shape index (κ2) is 6.37. The monoisotopic (exact) mass is 297 g/mol. The predicted molar refractivity (Wildman–Crippen MR) is 75.8 cm³/mol. The number of hydrogen-bond acceptors (Lipinski definition) is 3. The molecule has 1 atom stereocenters. The quantitative estimate of drug-likeness (QED) is 0.760. The number of carbonyl (C=O) groups is 1. The fraction of sp³-hybridized carbons (Fsp3) is 0.500. The molecule has 0 aliphatic heterocycles. The second-order valence-corrected chi connectivity index (χ2v) is 7.06. The Morgan fingerprint density at radius 3 is 2.50 bits per heavy atom. The Hall–Kier alpha value is -1.40. The molecule has 0 amide bonds. The SMILES string of the molecule is O=C(O)[C@H](CCc1ccccc1)NS(=O)(=O)CC1CC1. The molecule has 1 fully saturated rings. The maximum Gasteiger partial charge on any atom is 0.321 e. The van der Waals surface area contributed by atoms with Crippen LogP contribution in [0.1, 0.15) is 24.8 Å². The van der Waals surface area contributed by atoms with Gasteiger partial charge in [0, 0.05) is 0 Å². The molecule has 0 saturated heterocycles. The van der Waals surface area contributed by atoms with Crippen LogP contribution in [-0.4, -0.2) is 31.3 Å². The van der Waals surface area contributed by atoms with Gasteiger partial charge >= 0.3 is 5.97 Å². The summed E-state index contributed by atoms with van der Waals surface area (Å²) in [5, 5.41) is 9.14. The molecule has 110 valence electrons. The van der Waals surface area contributed by atoms with Crippen molar-refractivity contribution in [2.45, 2.75) is 31.7 Å². The first-order valence-electron chi connectivity index (χ1n) is 6.73. The van der Waals surface area contributed by atoms with Crippen molar-refractivity contribution in [3.8, 4) is 0 Å². The van der Waals surface area contributed by atoms with E-state index in [0.717, 1.165) is 18.4 Å². The van der Waals surface area contributed by atoms with Gasteiger partial charge in [0.2, 0.25) is 10.0 Å².